The fourth-order valence-corrected chi connectivity index (χ4v) is 0.608. The lowest BCUT2D eigenvalue weighted by Gasteiger charge is -1.88. The van der Waals surface area contributed by atoms with Gasteiger partial charge in [-0.25, -0.2) is 0 Å². The van der Waals surface area contributed by atoms with Crippen LogP contribution >= 0.6 is 0 Å². The van der Waals surface area contributed by atoms with Crippen LogP contribution in [0.2, 0.25) is 0 Å². The first kappa shape index (κ1) is 7.74. The fourth-order valence-electron chi connectivity index (χ4n) is 0.608. The van der Waals surface area contributed by atoms with E-state index in [4.69, 9.17) is 6.92 Å². The molecule has 0 aromatic carbocycles. The van der Waals surface area contributed by atoms with Crippen molar-refractivity contribution in [3.63, 3.8) is 0 Å². The van der Waals surface area contributed by atoms with Gasteiger partial charge in [-0.1, -0.05) is 31.9 Å². The Morgan fingerprint density at radius 3 is 2.62 bits per heavy atom. The van der Waals surface area contributed by atoms with Crippen LogP contribution in [0, 0.1) is 6.92 Å². The molecular formula is C8H14. The van der Waals surface area contributed by atoms with Crippen LogP contribution in [0.15, 0.2) is 12.2 Å². The summed E-state index contributed by atoms with van der Waals surface area (Å²) in [5.41, 5.74) is 0. The molecule has 0 aromatic heterocycles. The van der Waals surface area contributed by atoms with Gasteiger partial charge >= 0.3 is 0 Å². The summed E-state index contributed by atoms with van der Waals surface area (Å²) in [6.45, 7) is 7.33. The second kappa shape index (κ2) is 6.74. The SMILES string of the molecule is [CH]/C=C/CCCCC. The smallest absolute Gasteiger partial charge is 0.00958 e. The Hall–Kier alpha value is -0.260. The standard InChI is InChI=1S/C8H14/c1-3-5-7-8-6-4-2/h1,3,5H,4,6-8H2,2H3/b5-3+. The predicted octanol–water partition coefficient (Wildman–Crippen LogP) is 2.83. The molecule has 0 spiro atoms. The van der Waals surface area contributed by atoms with Gasteiger partial charge in [0.05, 0.1) is 0 Å². The quantitative estimate of drug-likeness (QED) is 0.488. The average Bonchev–Trinajstić information content (AvgIpc) is 1.81. The highest BCUT2D eigenvalue weighted by Gasteiger charge is 1.78. The maximum absolute atomic E-state index is 5.13. The van der Waals surface area contributed by atoms with Crippen molar-refractivity contribution in [3.05, 3.63) is 19.1 Å². The number of unbranched alkanes of at least 4 members (excludes halogenated alkanes) is 3. The van der Waals surface area contributed by atoms with Gasteiger partial charge in [-0.15, -0.1) is 0 Å². The molecule has 0 heterocycles. The van der Waals surface area contributed by atoms with E-state index in [2.05, 4.69) is 6.92 Å². The molecule has 2 radical (unpaired) electrons. The molecule has 0 rings (SSSR count). The van der Waals surface area contributed by atoms with E-state index in [1.807, 2.05) is 6.08 Å². The Morgan fingerprint density at radius 1 is 1.38 bits per heavy atom. The van der Waals surface area contributed by atoms with E-state index in [9.17, 15) is 0 Å². The highest BCUT2D eigenvalue weighted by atomic mass is 13.8. The van der Waals surface area contributed by atoms with E-state index >= 15 is 0 Å². The summed E-state index contributed by atoms with van der Waals surface area (Å²) >= 11 is 0. The van der Waals surface area contributed by atoms with Crippen LogP contribution in [0.4, 0.5) is 0 Å². The van der Waals surface area contributed by atoms with Gasteiger partial charge in [0.1, 0.15) is 0 Å². The van der Waals surface area contributed by atoms with Crippen molar-refractivity contribution >= 4 is 0 Å². The van der Waals surface area contributed by atoms with Crippen molar-refractivity contribution in [2.45, 2.75) is 32.6 Å². The fraction of sp³-hybridized carbons (Fsp3) is 0.625. The number of hydrogen-bond acceptors (Lipinski definition) is 0. The van der Waals surface area contributed by atoms with Crippen molar-refractivity contribution in [3.8, 4) is 0 Å². The lowest BCUT2D eigenvalue weighted by molar-refractivity contribution is 0.729. The van der Waals surface area contributed by atoms with Crippen LogP contribution in [-0.2, 0) is 0 Å². The lowest BCUT2D eigenvalue weighted by atomic mass is 10.2. The Labute approximate surface area is 52.6 Å². The summed E-state index contributed by atoms with van der Waals surface area (Å²) < 4.78 is 0. The van der Waals surface area contributed by atoms with E-state index in [-0.39, 0.29) is 0 Å². The molecule has 0 saturated carbocycles. The van der Waals surface area contributed by atoms with Crippen LogP contribution in [0.3, 0.4) is 0 Å². The summed E-state index contributed by atoms with van der Waals surface area (Å²) in [5, 5.41) is 0. The third-order valence-electron chi connectivity index (χ3n) is 1.11. The van der Waals surface area contributed by atoms with Crippen molar-refractivity contribution in [1.82, 2.24) is 0 Å². The molecule has 0 unspecified atom stereocenters. The number of hydrogen-bond donors (Lipinski definition) is 0. The summed E-state index contributed by atoms with van der Waals surface area (Å²) in [4.78, 5) is 0. The molecule has 46 valence electrons. The Bertz CT molecular complexity index is 53.1. The van der Waals surface area contributed by atoms with E-state index in [0.29, 0.717) is 0 Å². The number of allylic oxidation sites excluding steroid dienone is 2. The minimum absolute atomic E-state index is 1.14. The molecule has 0 atom stereocenters. The molecule has 0 aromatic rings. The molecule has 0 nitrogen and oxygen atoms in total. The van der Waals surface area contributed by atoms with Gasteiger partial charge in [0.2, 0.25) is 0 Å². The second-order valence-electron chi connectivity index (χ2n) is 1.92. The van der Waals surface area contributed by atoms with Crippen molar-refractivity contribution in [2.24, 2.45) is 0 Å². The minimum Gasteiger partial charge on any atom is -0.0882 e. The van der Waals surface area contributed by atoms with Crippen LogP contribution < -0.4 is 0 Å². The van der Waals surface area contributed by atoms with Crippen LogP contribution in [0.25, 0.3) is 0 Å². The highest BCUT2D eigenvalue weighted by Crippen LogP contribution is 1.98. The second-order valence-corrected chi connectivity index (χ2v) is 1.92. The van der Waals surface area contributed by atoms with Gasteiger partial charge in [-0.05, 0) is 19.8 Å². The molecule has 8 heavy (non-hydrogen) atoms. The van der Waals surface area contributed by atoms with Crippen molar-refractivity contribution in [2.75, 3.05) is 0 Å². The molecule has 0 amide bonds. The largest absolute Gasteiger partial charge is 0.0882 e. The van der Waals surface area contributed by atoms with Crippen LogP contribution in [0.1, 0.15) is 32.6 Å². The third-order valence-corrected chi connectivity index (χ3v) is 1.11. The molecule has 0 fully saturated rings. The van der Waals surface area contributed by atoms with Gasteiger partial charge in [-0.3, -0.25) is 0 Å². The van der Waals surface area contributed by atoms with Crippen LogP contribution in [0.5, 0.6) is 0 Å². The van der Waals surface area contributed by atoms with Crippen LogP contribution in [-0.4, -0.2) is 0 Å². The zero-order valence-electron chi connectivity index (χ0n) is 5.56. The lowest BCUT2D eigenvalue weighted by Crippen LogP contribution is -1.68. The molecule has 0 aliphatic carbocycles. The third kappa shape index (κ3) is 5.74. The van der Waals surface area contributed by atoms with Gasteiger partial charge in [0.25, 0.3) is 0 Å². The zero-order chi connectivity index (χ0) is 6.24. The first-order chi connectivity index (χ1) is 3.91. The van der Waals surface area contributed by atoms with Gasteiger partial charge in [0.15, 0.2) is 0 Å². The predicted molar refractivity (Wildman–Crippen MR) is 37.6 cm³/mol. The van der Waals surface area contributed by atoms with E-state index in [1.54, 1.807) is 6.08 Å². The maximum atomic E-state index is 5.13. The van der Waals surface area contributed by atoms with E-state index < -0.39 is 0 Å². The Balaban J connectivity index is 2.72. The Morgan fingerprint density at radius 2 is 2.12 bits per heavy atom. The van der Waals surface area contributed by atoms with E-state index in [0.717, 1.165) is 6.42 Å². The Kier molecular flexibility index (Phi) is 6.52. The van der Waals surface area contributed by atoms with Gasteiger partial charge in [0, 0.05) is 0 Å². The molecule has 0 saturated heterocycles. The van der Waals surface area contributed by atoms with Crippen molar-refractivity contribution in [1.29, 1.82) is 0 Å². The average molecular weight is 110 g/mol. The molecule has 0 bridgehead atoms. The highest BCUT2D eigenvalue weighted by molar-refractivity contribution is 4.83. The number of rotatable bonds is 4. The van der Waals surface area contributed by atoms with E-state index in [1.165, 1.54) is 19.3 Å². The molecular weight excluding hydrogens is 96.1 g/mol. The monoisotopic (exact) mass is 110 g/mol. The molecule has 0 aliphatic rings. The van der Waals surface area contributed by atoms with Gasteiger partial charge < -0.3 is 0 Å². The zero-order valence-corrected chi connectivity index (χ0v) is 5.56. The van der Waals surface area contributed by atoms with Gasteiger partial charge in [-0.2, -0.15) is 0 Å². The molecule has 0 heteroatoms. The molecule has 0 N–H and O–H groups in total. The minimum atomic E-state index is 1.14. The molecule has 0 aliphatic heterocycles. The first-order valence-corrected chi connectivity index (χ1v) is 3.28. The summed E-state index contributed by atoms with van der Waals surface area (Å²) in [6.07, 6.45) is 8.67. The topological polar surface area (TPSA) is 0 Å². The maximum Gasteiger partial charge on any atom is -0.00958 e. The summed E-state index contributed by atoms with van der Waals surface area (Å²) in [7, 11) is 0. The summed E-state index contributed by atoms with van der Waals surface area (Å²) in [5.74, 6) is 0. The summed E-state index contributed by atoms with van der Waals surface area (Å²) in [6, 6.07) is 0. The normalized spacial score (nSPS) is 10.8. The first-order valence-electron chi connectivity index (χ1n) is 3.28. The van der Waals surface area contributed by atoms with Crippen molar-refractivity contribution < 1.29 is 0 Å².